The third-order valence-corrected chi connectivity index (χ3v) is 11.7. The summed E-state index contributed by atoms with van der Waals surface area (Å²) in [6, 6.07) is 9.83. The van der Waals surface area contributed by atoms with Crippen molar-refractivity contribution in [3.63, 3.8) is 0 Å². The summed E-state index contributed by atoms with van der Waals surface area (Å²) in [6.45, 7) is 12.8. The van der Waals surface area contributed by atoms with Crippen LogP contribution in [0.3, 0.4) is 0 Å². The van der Waals surface area contributed by atoms with Crippen LogP contribution in [0.5, 0.6) is 0 Å². The van der Waals surface area contributed by atoms with Crippen LogP contribution >= 0.6 is 0 Å². The number of carbonyl (C=O) groups excluding carboxylic acids is 1. The molecule has 3 saturated carbocycles. The summed E-state index contributed by atoms with van der Waals surface area (Å²) < 4.78 is 11.2. The van der Waals surface area contributed by atoms with Crippen LogP contribution in [0.15, 0.2) is 42.0 Å². The number of benzene rings is 1. The zero-order valence-corrected chi connectivity index (χ0v) is 24.7. The normalized spacial score (nSPS) is 37.0. The van der Waals surface area contributed by atoms with Gasteiger partial charge in [0, 0.05) is 6.42 Å². The second-order valence-corrected chi connectivity index (χ2v) is 14.3. The number of carbonyl (C=O) groups is 1. The first-order valence-corrected chi connectivity index (χ1v) is 15.8. The van der Waals surface area contributed by atoms with Gasteiger partial charge in [0.1, 0.15) is 12.7 Å². The summed E-state index contributed by atoms with van der Waals surface area (Å²) in [5.41, 5.74) is 3.36. The smallest absolute Gasteiger partial charge is 0.431 e. The Morgan fingerprint density at radius 3 is 2.53 bits per heavy atom. The third-order valence-electron chi connectivity index (χ3n) is 11.7. The summed E-state index contributed by atoms with van der Waals surface area (Å²) >= 11 is 0. The van der Waals surface area contributed by atoms with Crippen LogP contribution in [0.25, 0.3) is 0 Å². The van der Waals surface area contributed by atoms with Crippen molar-refractivity contribution in [2.75, 3.05) is 0 Å². The van der Waals surface area contributed by atoms with Crippen molar-refractivity contribution < 1.29 is 14.3 Å². The monoisotopic (exact) mass is 520 g/mol. The lowest BCUT2D eigenvalue weighted by atomic mass is 9.47. The van der Waals surface area contributed by atoms with E-state index in [-0.39, 0.29) is 18.1 Å². The molecule has 1 aromatic carbocycles. The number of hydrogen-bond donors (Lipinski definition) is 0. The maximum Gasteiger partial charge on any atom is 0.508 e. The van der Waals surface area contributed by atoms with Crippen molar-refractivity contribution >= 4 is 6.16 Å². The Kier molecular flexibility index (Phi) is 8.32. The van der Waals surface area contributed by atoms with Crippen LogP contribution in [0, 0.1) is 46.3 Å². The molecule has 0 aromatic heterocycles. The van der Waals surface area contributed by atoms with E-state index < -0.39 is 6.16 Å². The van der Waals surface area contributed by atoms with E-state index in [2.05, 4.69) is 40.7 Å². The molecule has 0 N–H and O–H groups in total. The second-order valence-electron chi connectivity index (χ2n) is 14.3. The molecular weight excluding hydrogens is 468 g/mol. The van der Waals surface area contributed by atoms with Crippen LogP contribution < -0.4 is 0 Å². The Labute approximate surface area is 232 Å². The summed E-state index contributed by atoms with van der Waals surface area (Å²) in [7, 11) is 0. The summed E-state index contributed by atoms with van der Waals surface area (Å²) in [4.78, 5) is 12.4. The Balaban J connectivity index is 1.19. The van der Waals surface area contributed by atoms with Gasteiger partial charge in [0.2, 0.25) is 0 Å². The molecule has 0 unspecified atom stereocenters. The molecule has 210 valence electrons. The highest BCUT2D eigenvalue weighted by Crippen LogP contribution is 2.67. The van der Waals surface area contributed by atoms with E-state index in [4.69, 9.17) is 9.47 Å². The molecule has 1 aromatic rings. The molecule has 0 amide bonds. The van der Waals surface area contributed by atoms with Crippen molar-refractivity contribution in [1.82, 2.24) is 0 Å². The molecule has 0 radical (unpaired) electrons. The number of hydrogen-bond acceptors (Lipinski definition) is 3. The first kappa shape index (κ1) is 27.8. The lowest BCUT2D eigenvalue weighted by molar-refractivity contribution is -0.0620. The van der Waals surface area contributed by atoms with Crippen LogP contribution in [-0.4, -0.2) is 12.3 Å². The molecule has 0 heterocycles. The zero-order chi connectivity index (χ0) is 26.9. The Morgan fingerprint density at radius 1 is 0.974 bits per heavy atom. The molecule has 0 saturated heterocycles. The van der Waals surface area contributed by atoms with Crippen molar-refractivity contribution in [3.05, 3.63) is 47.5 Å². The predicted octanol–water partition coefficient (Wildman–Crippen LogP) is 9.75. The fraction of sp³-hybridized carbons (Fsp3) is 0.743. The average molecular weight is 521 g/mol. The third kappa shape index (κ3) is 5.46. The van der Waals surface area contributed by atoms with Gasteiger partial charge in [-0.1, -0.05) is 95.9 Å². The molecule has 3 fully saturated rings. The fourth-order valence-electron chi connectivity index (χ4n) is 9.64. The molecule has 0 spiro atoms. The molecule has 8 atom stereocenters. The van der Waals surface area contributed by atoms with Gasteiger partial charge in [0.15, 0.2) is 0 Å². The van der Waals surface area contributed by atoms with Gasteiger partial charge < -0.3 is 9.47 Å². The van der Waals surface area contributed by atoms with E-state index in [1.54, 1.807) is 5.57 Å². The van der Waals surface area contributed by atoms with Gasteiger partial charge in [-0.15, -0.1) is 0 Å². The molecule has 3 nitrogen and oxygen atoms in total. The molecule has 38 heavy (non-hydrogen) atoms. The molecule has 3 heteroatoms. The Morgan fingerprint density at radius 2 is 1.76 bits per heavy atom. The minimum Gasteiger partial charge on any atom is -0.431 e. The van der Waals surface area contributed by atoms with E-state index in [0.29, 0.717) is 5.41 Å². The highest BCUT2D eigenvalue weighted by atomic mass is 16.7. The van der Waals surface area contributed by atoms with E-state index in [9.17, 15) is 4.79 Å². The Hall–Kier alpha value is -1.77. The zero-order valence-electron chi connectivity index (χ0n) is 24.7. The van der Waals surface area contributed by atoms with Crippen molar-refractivity contribution in [2.24, 2.45) is 46.3 Å². The first-order chi connectivity index (χ1) is 18.2. The summed E-state index contributed by atoms with van der Waals surface area (Å²) in [5, 5.41) is 0. The van der Waals surface area contributed by atoms with Crippen molar-refractivity contribution in [2.45, 2.75) is 118 Å². The highest BCUT2D eigenvalue weighted by Gasteiger charge is 2.59. The second kappa shape index (κ2) is 11.4. The van der Waals surface area contributed by atoms with Crippen molar-refractivity contribution in [3.8, 4) is 0 Å². The van der Waals surface area contributed by atoms with Gasteiger partial charge in [-0.25, -0.2) is 4.79 Å². The lowest BCUT2D eigenvalue weighted by Crippen LogP contribution is -2.51. The van der Waals surface area contributed by atoms with Crippen LogP contribution in [0.2, 0.25) is 0 Å². The van der Waals surface area contributed by atoms with E-state index in [1.165, 1.54) is 51.4 Å². The highest BCUT2D eigenvalue weighted by molar-refractivity contribution is 5.60. The van der Waals surface area contributed by atoms with E-state index in [0.717, 1.165) is 60.3 Å². The predicted molar refractivity (Wildman–Crippen MR) is 155 cm³/mol. The van der Waals surface area contributed by atoms with Gasteiger partial charge in [-0.05, 0) is 96.8 Å². The van der Waals surface area contributed by atoms with Gasteiger partial charge in [0.25, 0.3) is 0 Å². The standard InChI is InChI=1S/C35H52O3/c1-24(2)10-9-11-25(3)30-16-17-31-29-15-14-27-22-28(38-33(36)37-23-26-12-7-6-8-13-26)18-20-34(27,4)32(29)19-21-35(30,31)5/h6-8,12-14,24-25,28-32H,9-11,15-23H2,1-5H3/t25-,28+,29-,30+,31-,32+,34+,35-/m1/s1. The van der Waals surface area contributed by atoms with Gasteiger partial charge in [-0.3, -0.25) is 0 Å². The average Bonchev–Trinajstić information content (AvgIpc) is 3.25. The van der Waals surface area contributed by atoms with Crippen LogP contribution in [0.1, 0.15) is 111 Å². The molecule has 4 aliphatic rings. The number of rotatable bonds is 8. The van der Waals surface area contributed by atoms with E-state index in [1.807, 2.05) is 30.3 Å². The van der Waals surface area contributed by atoms with Crippen LogP contribution in [0.4, 0.5) is 4.79 Å². The summed E-state index contributed by atoms with van der Waals surface area (Å²) in [6.07, 6.45) is 16.1. The fourth-order valence-corrected chi connectivity index (χ4v) is 9.64. The SMILES string of the molecule is CC(C)CCC[C@@H](C)[C@@H]1CC[C@@H]2[C@H]3CC=C4C[C@@H](OC(=O)OCc5ccccc5)CC[C@]4(C)[C@H]3CC[C@@]21C. The van der Waals surface area contributed by atoms with Gasteiger partial charge in [-0.2, -0.15) is 0 Å². The molecule has 0 aliphatic heterocycles. The quantitative estimate of drug-likeness (QED) is 0.253. The first-order valence-electron chi connectivity index (χ1n) is 15.8. The van der Waals surface area contributed by atoms with Crippen LogP contribution in [-0.2, 0) is 16.1 Å². The maximum absolute atomic E-state index is 12.4. The minimum atomic E-state index is -0.523. The minimum absolute atomic E-state index is 0.0504. The topological polar surface area (TPSA) is 35.5 Å². The maximum atomic E-state index is 12.4. The van der Waals surface area contributed by atoms with Gasteiger partial charge in [0.05, 0.1) is 0 Å². The molecular formula is C35H52O3. The summed E-state index contributed by atoms with van der Waals surface area (Å²) in [5.74, 6) is 5.11. The van der Waals surface area contributed by atoms with Crippen molar-refractivity contribution in [1.29, 1.82) is 0 Å². The largest absolute Gasteiger partial charge is 0.508 e. The Bertz CT molecular complexity index is 982. The number of fused-ring (bicyclic) bond motifs is 5. The molecule has 4 aliphatic carbocycles. The number of allylic oxidation sites excluding steroid dienone is 1. The van der Waals surface area contributed by atoms with Gasteiger partial charge >= 0.3 is 6.16 Å². The molecule has 5 rings (SSSR count). The van der Waals surface area contributed by atoms with E-state index >= 15 is 0 Å². The lowest BCUT2D eigenvalue weighted by Gasteiger charge is -2.58. The molecule has 0 bridgehead atoms. The number of ether oxygens (including phenoxy) is 2.